The molecule has 13 rings (SSSR count). The van der Waals surface area contributed by atoms with Crippen LogP contribution in [0.2, 0.25) is 5.02 Å². The number of ketones is 1. The Bertz CT molecular complexity index is 2110. The maximum Gasteiger partial charge on any atom is 0.313 e. The molecule has 1 aromatic carbocycles. The van der Waals surface area contributed by atoms with Gasteiger partial charge in [-0.2, -0.15) is 0 Å². The normalized spacial score (nSPS) is 49.6. The highest BCUT2D eigenvalue weighted by molar-refractivity contribution is 6.31. The van der Waals surface area contributed by atoms with Crippen LogP contribution in [0.5, 0.6) is 0 Å². The molecule has 1 heterocycles. The Morgan fingerprint density at radius 3 is 2.13 bits per heavy atom. The molecule has 10 atom stereocenters. The van der Waals surface area contributed by atoms with Crippen molar-refractivity contribution < 1.29 is 33.7 Å². The van der Waals surface area contributed by atoms with Crippen LogP contribution in [0.15, 0.2) is 42.0 Å². The SMILES string of the molecule is CC1(C)[C@@]2(C)CC[C@]1(C(=O)N(CC13CC4CC(CC(C4)C1)C3)C[C@]1(O)CC[C@H]3[C@]45C=C[C@@]6(C=C4C(=O)Cc4c(F)cccc4Cl)CC(O)CC[C@]6(C)[C@H]5CC[C@@]31C)OC2=O. The summed E-state index contributed by atoms with van der Waals surface area (Å²) in [5, 5.41) is 25.0. The summed E-state index contributed by atoms with van der Waals surface area (Å²) >= 11 is 6.56. The number of amides is 1. The molecular formula is C51H65ClFNO6. The molecule has 9 fully saturated rings. The number of rotatable bonds is 8. The topological polar surface area (TPSA) is 104 Å². The first-order valence-electron chi connectivity index (χ1n) is 23.5. The molecule has 324 valence electrons. The van der Waals surface area contributed by atoms with Gasteiger partial charge in [0.2, 0.25) is 0 Å². The second kappa shape index (κ2) is 12.4. The molecular weight excluding hydrogens is 777 g/mol. The third kappa shape index (κ3) is 4.78. The largest absolute Gasteiger partial charge is 0.448 e. The van der Waals surface area contributed by atoms with Crippen LogP contribution < -0.4 is 0 Å². The number of aliphatic hydroxyl groups is 2. The third-order valence-electron chi connectivity index (χ3n) is 21.3. The van der Waals surface area contributed by atoms with Gasteiger partial charge in [-0.25, -0.2) is 4.39 Å². The number of fused-ring (bicyclic) bond motifs is 3. The fourth-order valence-electron chi connectivity index (χ4n) is 18.0. The highest BCUT2D eigenvalue weighted by Gasteiger charge is 2.78. The molecule has 1 saturated heterocycles. The molecule has 7 nitrogen and oxygen atoms in total. The minimum absolute atomic E-state index is 0.00338. The van der Waals surface area contributed by atoms with Gasteiger partial charge in [0.05, 0.1) is 23.7 Å². The quantitative estimate of drug-likeness (QED) is 0.200. The third-order valence-corrected chi connectivity index (χ3v) is 21.6. The van der Waals surface area contributed by atoms with Gasteiger partial charge in [-0.1, -0.05) is 63.6 Å². The highest BCUT2D eigenvalue weighted by Crippen LogP contribution is 2.79. The van der Waals surface area contributed by atoms with Crippen molar-refractivity contribution in [2.45, 2.75) is 155 Å². The van der Waals surface area contributed by atoms with Crippen molar-refractivity contribution in [1.29, 1.82) is 0 Å². The number of benzene rings is 1. The Balaban J connectivity index is 0.993. The van der Waals surface area contributed by atoms with Crippen molar-refractivity contribution in [2.75, 3.05) is 13.1 Å². The van der Waals surface area contributed by atoms with Crippen molar-refractivity contribution in [3.63, 3.8) is 0 Å². The zero-order valence-corrected chi connectivity index (χ0v) is 37.1. The summed E-state index contributed by atoms with van der Waals surface area (Å²) in [4.78, 5) is 46.4. The van der Waals surface area contributed by atoms with Gasteiger partial charge in [0.1, 0.15) is 5.82 Å². The Morgan fingerprint density at radius 1 is 0.850 bits per heavy atom. The lowest BCUT2D eigenvalue weighted by atomic mass is 9.32. The molecule has 2 spiro atoms. The maximum absolute atomic E-state index is 15.7. The van der Waals surface area contributed by atoms with E-state index < -0.39 is 50.2 Å². The first kappa shape index (κ1) is 40.2. The van der Waals surface area contributed by atoms with Gasteiger partial charge in [-0.3, -0.25) is 14.4 Å². The number of halogens is 2. The van der Waals surface area contributed by atoms with E-state index >= 15 is 14.0 Å². The fourth-order valence-corrected chi connectivity index (χ4v) is 18.2. The number of carbonyl (C=O) groups is 3. The van der Waals surface area contributed by atoms with Crippen LogP contribution in [0, 0.1) is 73.3 Å². The van der Waals surface area contributed by atoms with Gasteiger partial charge in [0, 0.05) is 50.8 Å². The van der Waals surface area contributed by atoms with Gasteiger partial charge in [-0.05, 0) is 156 Å². The molecule has 2 N–H and O–H groups in total. The van der Waals surface area contributed by atoms with E-state index in [1.165, 1.54) is 25.3 Å². The summed E-state index contributed by atoms with van der Waals surface area (Å²) in [6.45, 7) is 11.4. The molecule has 8 saturated carbocycles. The molecule has 8 bridgehead atoms. The van der Waals surface area contributed by atoms with Crippen molar-refractivity contribution in [2.24, 2.45) is 67.5 Å². The van der Waals surface area contributed by atoms with Crippen molar-refractivity contribution in [1.82, 2.24) is 4.90 Å². The Labute approximate surface area is 360 Å². The molecule has 0 aromatic heterocycles. The van der Waals surface area contributed by atoms with E-state index in [0.29, 0.717) is 68.4 Å². The lowest BCUT2D eigenvalue weighted by molar-refractivity contribution is -0.192. The number of Topliss-reactive ketones (excluding diaryl/α,β-unsaturated/α-hetero) is 1. The number of hydrogen-bond acceptors (Lipinski definition) is 6. The lowest BCUT2D eigenvalue weighted by Crippen LogP contribution is -2.68. The number of hydrogen-bond donors (Lipinski definition) is 2. The van der Waals surface area contributed by atoms with Crippen LogP contribution in [0.25, 0.3) is 0 Å². The van der Waals surface area contributed by atoms with E-state index in [1.54, 1.807) is 12.1 Å². The molecule has 1 aliphatic heterocycles. The monoisotopic (exact) mass is 841 g/mol. The van der Waals surface area contributed by atoms with Gasteiger partial charge >= 0.3 is 5.97 Å². The van der Waals surface area contributed by atoms with Crippen LogP contribution in [-0.4, -0.2) is 63.2 Å². The van der Waals surface area contributed by atoms with Crippen LogP contribution in [0.1, 0.15) is 136 Å². The van der Waals surface area contributed by atoms with Gasteiger partial charge in [0.15, 0.2) is 11.4 Å². The molecule has 1 amide bonds. The average molecular weight is 843 g/mol. The number of allylic oxidation sites excluding steroid dienone is 4. The molecule has 12 aliphatic rings. The maximum atomic E-state index is 15.7. The summed E-state index contributed by atoms with van der Waals surface area (Å²) < 4.78 is 21.7. The van der Waals surface area contributed by atoms with E-state index in [1.807, 2.05) is 25.7 Å². The van der Waals surface area contributed by atoms with E-state index in [0.717, 1.165) is 38.5 Å². The van der Waals surface area contributed by atoms with Gasteiger partial charge < -0.3 is 19.8 Å². The number of nitrogens with zero attached hydrogens (tertiary/aromatic N) is 1. The lowest BCUT2D eigenvalue weighted by Gasteiger charge is -2.71. The zero-order valence-electron chi connectivity index (χ0n) is 36.4. The van der Waals surface area contributed by atoms with Crippen LogP contribution in [0.3, 0.4) is 0 Å². The Morgan fingerprint density at radius 2 is 1.50 bits per heavy atom. The summed E-state index contributed by atoms with van der Waals surface area (Å²) in [5.74, 6) is 0.970. The smallest absolute Gasteiger partial charge is 0.313 e. The molecule has 0 radical (unpaired) electrons. The second-order valence-electron chi connectivity index (χ2n) is 23.9. The van der Waals surface area contributed by atoms with Crippen LogP contribution >= 0.6 is 11.6 Å². The number of aliphatic hydroxyl groups excluding tert-OH is 1. The van der Waals surface area contributed by atoms with Crippen molar-refractivity contribution in [3.8, 4) is 0 Å². The predicted molar refractivity (Wildman–Crippen MR) is 226 cm³/mol. The molecule has 9 heteroatoms. The molecule has 11 aliphatic carbocycles. The summed E-state index contributed by atoms with van der Waals surface area (Å²) in [5.41, 5.74) is -5.22. The number of ether oxygens (including phenoxy) is 1. The van der Waals surface area contributed by atoms with Gasteiger partial charge in [0.25, 0.3) is 5.91 Å². The van der Waals surface area contributed by atoms with Gasteiger partial charge in [-0.15, -0.1) is 0 Å². The summed E-state index contributed by atoms with van der Waals surface area (Å²) in [6, 6.07) is 4.55. The average Bonchev–Trinajstić information content (AvgIpc) is 3.63. The van der Waals surface area contributed by atoms with Crippen molar-refractivity contribution >= 4 is 29.3 Å². The Kier molecular flexibility index (Phi) is 8.30. The standard InChI is InChI=1S/C51H65ClFNO6/c1-43(2)46(5)15-18-51(43,60-42(46)58)41(57)54(28-47-23-30-19-31(24-47)21-32(20-30)25-47)29-49(59)14-11-40-45(49,4)13-10-39-44(3)12-9-33(55)26-48(44)16-17-50(39,40)35(27-48)38(56)22-34-36(52)7-6-8-37(34)53/h6-8,16-17,27,30-33,39-40,55,59H,9-15,18-26,28-29H2,1-5H3/t30?,31?,32?,33?,39-,40-,44-,45+,46+,47?,48+,49-,50-,51-/m1/s1. The van der Waals surface area contributed by atoms with E-state index in [9.17, 15) is 15.0 Å². The Hall–Kier alpha value is -2.55. The van der Waals surface area contributed by atoms with E-state index in [4.69, 9.17) is 16.3 Å². The van der Waals surface area contributed by atoms with E-state index in [-0.39, 0.29) is 63.9 Å². The first-order valence-corrected chi connectivity index (χ1v) is 23.9. The van der Waals surface area contributed by atoms with Crippen LogP contribution in [0.4, 0.5) is 4.39 Å². The zero-order chi connectivity index (χ0) is 42.3. The fraction of sp³-hybridized carbons (Fsp3) is 0.745. The summed E-state index contributed by atoms with van der Waals surface area (Å²) in [7, 11) is 0. The first-order chi connectivity index (χ1) is 28.2. The minimum Gasteiger partial charge on any atom is -0.448 e. The highest BCUT2D eigenvalue weighted by atomic mass is 35.5. The number of esters is 1. The van der Waals surface area contributed by atoms with Crippen molar-refractivity contribution in [3.05, 3.63) is 58.4 Å². The summed E-state index contributed by atoms with van der Waals surface area (Å²) in [6.07, 6.45) is 19.2. The molecule has 60 heavy (non-hydrogen) atoms. The van der Waals surface area contributed by atoms with Crippen LogP contribution in [-0.2, 0) is 25.5 Å². The van der Waals surface area contributed by atoms with E-state index in [2.05, 4.69) is 32.1 Å². The minimum atomic E-state index is -1.28. The molecule has 1 unspecified atom stereocenters. The predicted octanol–water partition coefficient (Wildman–Crippen LogP) is 9.35. The second-order valence-corrected chi connectivity index (χ2v) is 24.3. The molecule has 1 aromatic rings. The number of carbonyl (C=O) groups excluding carboxylic acids is 3.